The van der Waals surface area contributed by atoms with E-state index in [0.29, 0.717) is 0 Å². The van der Waals surface area contributed by atoms with E-state index in [1.165, 1.54) is 42.6 Å². The van der Waals surface area contributed by atoms with Crippen molar-refractivity contribution in [2.45, 2.75) is 49.3 Å². The summed E-state index contributed by atoms with van der Waals surface area (Å²) in [6.45, 7) is 2.99. The summed E-state index contributed by atoms with van der Waals surface area (Å²) in [5.74, 6) is 1.14. The molecule has 1 fully saturated rings. The van der Waals surface area contributed by atoms with E-state index >= 15 is 0 Å². The molecule has 0 heterocycles. The standard InChI is InChI=1S/C15H23NS/c1-2-17-14-8-6-13(7-9-14)15(12-16)10-4-3-5-11-15/h6-9H,2-5,10-12,16H2,1H3. The van der Waals surface area contributed by atoms with E-state index in [4.69, 9.17) is 5.73 Å². The zero-order valence-corrected chi connectivity index (χ0v) is 11.6. The predicted molar refractivity (Wildman–Crippen MR) is 76.7 cm³/mol. The van der Waals surface area contributed by atoms with Gasteiger partial charge in [-0.1, -0.05) is 38.3 Å². The first-order chi connectivity index (χ1) is 8.30. The number of nitrogens with two attached hydrogens (primary N) is 1. The van der Waals surface area contributed by atoms with Crippen LogP contribution in [-0.4, -0.2) is 12.3 Å². The second kappa shape index (κ2) is 5.92. The summed E-state index contributed by atoms with van der Waals surface area (Å²) in [4.78, 5) is 1.37. The number of hydrogen-bond acceptors (Lipinski definition) is 2. The summed E-state index contributed by atoms with van der Waals surface area (Å²) >= 11 is 1.91. The first kappa shape index (κ1) is 13.0. The third-order valence-electron chi connectivity index (χ3n) is 3.98. The molecular weight excluding hydrogens is 226 g/mol. The lowest BCUT2D eigenvalue weighted by molar-refractivity contribution is 0.300. The third kappa shape index (κ3) is 2.86. The first-order valence-corrected chi connectivity index (χ1v) is 7.73. The molecule has 1 aromatic carbocycles. The van der Waals surface area contributed by atoms with Crippen molar-refractivity contribution in [2.75, 3.05) is 12.3 Å². The molecular formula is C15H23NS. The Kier molecular flexibility index (Phi) is 4.52. The molecule has 1 aliphatic carbocycles. The van der Waals surface area contributed by atoms with Crippen LogP contribution in [0, 0.1) is 0 Å². The highest BCUT2D eigenvalue weighted by Gasteiger charge is 2.32. The van der Waals surface area contributed by atoms with Gasteiger partial charge in [0.05, 0.1) is 0 Å². The van der Waals surface area contributed by atoms with Crippen LogP contribution in [0.3, 0.4) is 0 Å². The predicted octanol–water partition coefficient (Wildman–Crippen LogP) is 3.96. The van der Waals surface area contributed by atoms with Gasteiger partial charge in [0, 0.05) is 16.9 Å². The lowest BCUT2D eigenvalue weighted by Crippen LogP contribution is -2.37. The van der Waals surface area contributed by atoms with Gasteiger partial charge in [0.15, 0.2) is 0 Å². The maximum atomic E-state index is 6.06. The molecule has 94 valence electrons. The van der Waals surface area contributed by atoms with Crippen molar-refractivity contribution in [1.82, 2.24) is 0 Å². The van der Waals surface area contributed by atoms with Crippen molar-refractivity contribution in [2.24, 2.45) is 5.73 Å². The average Bonchev–Trinajstić information content (AvgIpc) is 2.41. The Bertz CT molecular complexity index is 338. The molecule has 2 heteroatoms. The highest BCUT2D eigenvalue weighted by atomic mass is 32.2. The molecule has 0 spiro atoms. The molecule has 17 heavy (non-hydrogen) atoms. The fraction of sp³-hybridized carbons (Fsp3) is 0.600. The zero-order chi connectivity index (χ0) is 12.1. The van der Waals surface area contributed by atoms with E-state index in [9.17, 15) is 0 Å². The Balaban J connectivity index is 2.18. The minimum Gasteiger partial charge on any atom is -0.330 e. The molecule has 2 rings (SSSR count). The SMILES string of the molecule is CCSc1ccc(C2(CN)CCCCC2)cc1. The lowest BCUT2D eigenvalue weighted by atomic mass is 9.69. The maximum Gasteiger partial charge on any atom is 0.00755 e. The van der Waals surface area contributed by atoms with Gasteiger partial charge in [-0.25, -0.2) is 0 Å². The Morgan fingerprint density at radius 1 is 1.12 bits per heavy atom. The molecule has 0 amide bonds. The molecule has 0 saturated heterocycles. The minimum absolute atomic E-state index is 0.271. The Morgan fingerprint density at radius 2 is 1.76 bits per heavy atom. The molecule has 0 aromatic heterocycles. The minimum atomic E-state index is 0.271. The molecule has 1 nitrogen and oxygen atoms in total. The molecule has 0 atom stereocenters. The van der Waals surface area contributed by atoms with Crippen LogP contribution in [-0.2, 0) is 5.41 Å². The molecule has 1 aliphatic rings. The number of thioether (sulfide) groups is 1. The topological polar surface area (TPSA) is 26.0 Å². The van der Waals surface area contributed by atoms with Gasteiger partial charge in [0.2, 0.25) is 0 Å². The van der Waals surface area contributed by atoms with Crippen LogP contribution in [0.2, 0.25) is 0 Å². The van der Waals surface area contributed by atoms with Crippen LogP contribution in [0.4, 0.5) is 0 Å². The summed E-state index contributed by atoms with van der Waals surface area (Å²) in [5.41, 5.74) is 7.79. The van der Waals surface area contributed by atoms with Crippen LogP contribution in [0.1, 0.15) is 44.6 Å². The van der Waals surface area contributed by atoms with Crippen molar-refractivity contribution in [3.05, 3.63) is 29.8 Å². The smallest absolute Gasteiger partial charge is 0.00755 e. The van der Waals surface area contributed by atoms with Gasteiger partial charge in [-0.3, -0.25) is 0 Å². The average molecular weight is 249 g/mol. The molecule has 1 saturated carbocycles. The highest BCUT2D eigenvalue weighted by Crippen LogP contribution is 2.39. The molecule has 0 unspecified atom stereocenters. The normalized spacial score (nSPS) is 19.2. The number of benzene rings is 1. The quantitative estimate of drug-likeness (QED) is 0.817. The van der Waals surface area contributed by atoms with Gasteiger partial charge in [-0.15, -0.1) is 11.8 Å². The van der Waals surface area contributed by atoms with Gasteiger partial charge in [0.25, 0.3) is 0 Å². The van der Waals surface area contributed by atoms with E-state index in [2.05, 4.69) is 31.2 Å². The second-order valence-electron chi connectivity index (χ2n) is 5.00. The van der Waals surface area contributed by atoms with E-state index in [0.717, 1.165) is 12.3 Å². The van der Waals surface area contributed by atoms with Crippen molar-refractivity contribution in [3.63, 3.8) is 0 Å². The first-order valence-electron chi connectivity index (χ1n) is 6.74. The van der Waals surface area contributed by atoms with Crippen molar-refractivity contribution < 1.29 is 0 Å². The fourth-order valence-electron chi connectivity index (χ4n) is 2.91. The monoisotopic (exact) mass is 249 g/mol. The van der Waals surface area contributed by atoms with Crippen molar-refractivity contribution in [1.29, 1.82) is 0 Å². The Hall–Kier alpha value is -0.470. The molecule has 0 aliphatic heterocycles. The summed E-state index contributed by atoms with van der Waals surface area (Å²) in [5, 5.41) is 0. The Morgan fingerprint density at radius 3 is 2.29 bits per heavy atom. The molecule has 0 bridgehead atoms. The van der Waals surface area contributed by atoms with E-state index in [-0.39, 0.29) is 5.41 Å². The lowest BCUT2D eigenvalue weighted by Gasteiger charge is -2.37. The number of rotatable bonds is 4. The van der Waals surface area contributed by atoms with Gasteiger partial charge in [-0.05, 0) is 36.3 Å². The van der Waals surface area contributed by atoms with Gasteiger partial charge < -0.3 is 5.73 Å². The highest BCUT2D eigenvalue weighted by molar-refractivity contribution is 7.99. The van der Waals surface area contributed by atoms with Crippen LogP contribution >= 0.6 is 11.8 Å². The molecule has 0 radical (unpaired) electrons. The fourth-order valence-corrected chi connectivity index (χ4v) is 3.57. The van der Waals surface area contributed by atoms with Crippen molar-refractivity contribution >= 4 is 11.8 Å². The summed E-state index contributed by atoms with van der Waals surface area (Å²) in [7, 11) is 0. The van der Waals surface area contributed by atoms with Crippen LogP contribution in [0.15, 0.2) is 29.2 Å². The second-order valence-corrected chi connectivity index (χ2v) is 6.34. The van der Waals surface area contributed by atoms with E-state index in [1.807, 2.05) is 11.8 Å². The van der Waals surface area contributed by atoms with Crippen LogP contribution < -0.4 is 5.73 Å². The third-order valence-corrected chi connectivity index (χ3v) is 4.87. The van der Waals surface area contributed by atoms with E-state index < -0.39 is 0 Å². The van der Waals surface area contributed by atoms with Crippen molar-refractivity contribution in [3.8, 4) is 0 Å². The molecule has 1 aromatic rings. The Labute approximate surface area is 109 Å². The van der Waals surface area contributed by atoms with Crippen LogP contribution in [0.25, 0.3) is 0 Å². The zero-order valence-electron chi connectivity index (χ0n) is 10.7. The summed E-state index contributed by atoms with van der Waals surface area (Å²) in [6.07, 6.45) is 6.59. The van der Waals surface area contributed by atoms with Gasteiger partial charge in [0.1, 0.15) is 0 Å². The maximum absolute atomic E-state index is 6.06. The molecule has 2 N–H and O–H groups in total. The number of hydrogen-bond donors (Lipinski definition) is 1. The summed E-state index contributed by atoms with van der Waals surface area (Å²) < 4.78 is 0. The van der Waals surface area contributed by atoms with Gasteiger partial charge >= 0.3 is 0 Å². The summed E-state index contributed by atoms with van der Waals surface area (Å²) in [6, 6.07) is 9.12. The van der Waals surface area contributed by atoms with Gasteiger partial charge in [-0.2, -0.15) is 0 Å². The van der Waals surface area contributed by atoms with Crippen LogP contribution in [0.5, 0.6) is 0 Å². The largest absolute Gasteiger partial charge is 0.330 e. The van der Waals surface area contributed by atoms with E-state index in [1.54, 1.807) is 0 Å².